The van der Waals surface area contributed by atoms with Crippen LogP contribution in [0.1, 0.15) is 20.3 Å². The third-order valence-corrected chi connectivity index (χ3v) is 3.40. The highest BCUT2D eigenvalue weighted by Crippen LogP contribution is 2.29. The molecule has 110 valence electrons. The number of ether oxygens (including phenoxy) is 1. The van der Waals surface area contributed by atoms with Gasteiger partial charge in [0, 0.05) is 31.9 Å². The number of amides is 1. The quantitative estimate of drug-likeness (QED) is 0.855. The second-order valence-electron chi connectivity index (χ2n) is 5.48. The minimum atomic E-state index is 0.0736. The second kappa shape index (κ2) is 6.03. The van der Waals surface area contributed by atoms with Crippen molar-refractivity contribution in [3.8, 4) is 5.75 Å². The molecule has 0 atom stereocenters. The van der Waals surface area contributed by atoms with Crippen molar-refractivity contribution in [2.24, 2.45) is 0 Å². The number of hydrogen-bond donors (Lipinski definition) is 1. The van der Waals surface area contributed by atoms with Crippen LogP contribution in [0.25, 0.3) is 0 Å². The van der Waals surface area contributed by atoms with Gasteiger partial charge in [0.25, 0.3) is 0 Å². The Hall–Kier alpha value is -1.91. The Morgan fingerprint density at radius 2 is 2.05 bits per heavy atom. The third kappa shape index (κ3) is 3.35. The van der Waals surface area contributed by atoms with Gasteiger partial charge in [-0.3, -0.25) is 4.79 Å². The van der Waals surface area contributed by atoms with Crippen LogP contribution in [0.5, 0.6) is 5.75 Å². The third-order valence-electron chi connectivity index (χ3n) is 3.40. The number of likely N-dealkylation sites (N-methyl/N-ethyl adjacent to an activating group) is 1. The summed E-state index contributed by atoms with van der Waals surface area (Å²) in [7, 11) is 1.85. The van der Waals surface area contributed by atoms with Crippen LogP contribution in [0, 0.1) is 0 Å². The molecule has 20 heavy (non-hydrogen) atoms. The first-order valence-electron chi connectivity index (χ1n) is 7.02. The van der Waals surface area contributed by atoms with Crippen LogP contribution in [0.4, 0.5) is 11.4 Å². The van der Waals surface area contributed by atoms with Crippen LogP contribution >= 0.6 is 0 Å². The Labute approximate surface area is 120 Å². The second-order valence-corrected chi connectivity index (χ2v) is 5.48. The fraction of sp³-hybridized carbons (Fsp3) is 0.533. The molecule has 1 amide bonds. The lowest BCUT2D eigenvalue weighted by Crippen LogP contribution is -2.34. The van der Waals surface area contributed by atoms with Gasteiger partial charge < -0.3 is 20.3 Å². The Bertz CT molecular complexity index is 488. The van der Waals surface area contributed by atoms with E-state index in [2.05, 4.69) is 4.90 Å². The molecular weight excluding hydrogens is 254 g/mol. The average Bonchev–Trinajstić information content (AvgIpc) is 2.54. The normalized spacial score (nSPS) is 16.5. The highest BCUT2D eigenvalue weighted by molar-refractivity contribution is 5.82. The van der Waals surface area contributed by atoms with E-state index in [1.165, 1.54) is 0 Å². The molecule has 5 nitrogen and oxygen atoms in total. The lowest BCUT2D eigenvalue weighted by molar-refractivity contribution is -0.127. The van der Waals surface area contributed by atoms with Gasteiger partial charge in [-0.2, -0.15) is 0 Å². The molecule has 2 N–H and O–H groups in total. The Kier molecular flexibility index (Phi) is 4.37. The van der Waals surface area contributed by atoms with Gasteiger partial charge >= 0.3 is 0 Å². The van der Waals surface area contributed by atoms with Crippen LogP contribution in [-0.4, -0.2) is 43.6 Å². The summed E-state index contributed by atoms with van der Waals surface area (Å²) < 4.78 is 5.71. The van der Waals surface area contributed by atoms with Crippen molar-refractivity contribution < 1.29 is 9.53 Å². The van der Waals surface area contributed by atoms with Gasteiger partial charge in [0.2, 0.25) is 5.91 Å². The van der Waals surface area contributed by atoms with Crippen LogP contribution in [0.15, 0.2) is 18.2 Å². The molecule has 1 aromatic carbocycles. The van der Waals surface area contributed by atoms with Gasteiger partial charge in [-0.05, 0) is 32.4 Å². The zero-order chi connectivity index (χ0) is 14.7. The van der Waals surface area contributed by atoms with E-state index in [4.69, 9.17) is 10.5 Å². The first-order valence-corrected chi connectivity index (χ1v) is 7.02. The number of carbonyl (C=O) groups excluding carboxylic acids is 1. The number of benzene rings is 1. The van der Waals surface area contributed by atoms with E-state index in [1.807, 2.05) is 39.1 Å². The molecule has 1 aliphatic rings. The molecule has 0 unspecified atom stereocenters. The Morgan fingerprint density at radius 1 is 1.30 bits per heavy atom. The van der Waals surface area contributed by atoms with E-state index in [0.29, 0.717) is 18.0 Å². The van der Waals surface area contributed by atoms with Crippen molar-refractivity contribution in [2.45, 2.75) is 26.4 Å². The fourth-order valence-corrected chi connectivity index (χ4v) is 2.28. The van der Waals surface area contributed by atoms with Crippen molar-refractivity contribution in [3.63, 3.8) is 0 Å². The molecule has 1 aliphatic heterocycles. The highest BCUT2D eigenvalue weighted by atomic mass is 16.5. The molecule has 1 aromatic rings. The summed E-state index contributed by atoms with van der Waals surface area (Å²) in [6, 6.07) is 5.71. The molecule has 1 fully saturated rings. The lowest BCUT2D eigenvalue weighted by atomic mass is 10.2. The van der Waals surface area contributed by atoms with Crippen LogP contribution < -0.4 is 15.4 Å². The van der Waals surface area contributed by atoms with Gasteiger partial charge in [-0.25, -0.2) is 0 Å². The number of rotatable bonds is 3. The minimum absolute atomic E-state index is 0.0736. The summed E-state index contributed by atoms with van der Waals surface area (Å²) in [6.45, 7) is 6.01. The van der Waals surface area contributed by atoms with E-state index in [0.717, 1.165) is 25.2 Å². The fourth-order valence-electron chi connectivity index (χ4n) is 2.28. The zero-order valence-corrected chi connectivity index (χ0v) is 12.4. The topological polar surface area (TPSA) is 58.8 Å². The molecule has 0 aliphatic carbocycles. The molecular formula is C15H23N3O2. The largest absolute Gasteiger partial charge is 0.489 e. The maximum atomic E-state index is 12.0. The van der Waals surface area contributed by atoms with E-state index in [9.17, 15) is 4.79 Å². The molecule has 5 heteroatoms. The lowest BCUT2D eigenvalue weighted by Gasteiger charge is -2.23. The smallest absolute Gasteiger partial charge is 0.241 e. The Morgan fingerprint density at radius 3 is 2.75 bits per heavy atom. The van der Waals surface area contributed by atoms with E-state index < -0.39 is 0 Å². The molecule has 2 rings (SSSR count). The van der Waals surface area contributed by atoms with Crippen LogP contribution in [-0.2, 0) is 4.79 Å². The van der Waals surface area contributed by atoms with Gasteiger partial charge in [-0.15, -0.1) is 0 Å². The van der Waals surface area contributed by atoms with E-state index in [-0.39, 0.29) is 12.0 Å². The van der Waals surface area contributed by atoms with E-state index in [1.54, 1.807) is 4.90 Å². The highest BCUT2D eigenvalue weighted by Gasteiger charge is 2.20. The van der Waals surface area contributed by atoms with Gasteiger partial charge in [0.15, 0.2) is 0 Å². The summed E-state index contributed by atoms with van der Waals surface area (Å²) >= 11 is 0. The molecule has 1 saturated heterocycles. The number of carbonyl (C=O) groups is 1. The zero-order valence-electron chi connectivity index (χ0n) is 12.4. The van der Waals surface area contributed by atoms with Crippen molar-refractivity contribution in [2.75, 3.05) is 37.3 Å². The molecule has 0 aromatic heterocycles. The minimum Gasteiger partial charge on any atom is -0.489 e. The van der Waals surface area contributed by atoms with Crippen molar-refractivity contribution in [1.82, 2.24) is 4.90 Å². The molecule has 0 saturated carbocycles. The van der Waals surface area contributed by atoms with Gasteiger partial charge in [0.1, 0.15) is 5.75 Å². The Balaban J connectivity index is 2.21. The molecule has 0 spiro atoms. The van der Waals surface area contributed by atoms with Crippen molar-refractivity contribution >= 4 is 17.3 Å². The number of nitrogens with zero attached hydrogens (tertiary/aromatic N) is 2. The summed E-state index contributed by atoms with van der Waals surface area (Å²) in [6.07, 6.45) is 1.04. The SMILES string of the molecule is CC(C)Oc1cc(N2CCCN(C)C(=O)C2)ccc1N. The summed E-state index contributed by atoms with van der Waals surface area (Å²) in [5.74, 6) is 0.827. The number of hydrogen-bond acceptors (Lipinski definition) is 4. The first kappa shape index (κ1) is 14.5. The molecule has 1 heterocycles. The van der Waals surface area contributed by atoms with Crippen LogP contribution in [0.3, 0.4) is 0 Å². The first-order chi connectivity index (χ1) is 9.47. The van der Waals surface area contributed by atoms with E-state index >= 15 is 0 Å². The summed E-state index contributed by atoms with van der Waals surface area (Å²) in [4.78, 5) is 15.8. The monoisotopic (exact) mass is 277 g/mol. The summed E-state index contributed by atoms with van der Waals surface area (Å²) in [5.41, 5.74) is 7.54. The average molecular weight is 277 g/mol. The number of anilines is 2. The summed E-state index contributed by atoms with van der Waals surface area (Å²) in [5, 5.41) is 0. The molecule has 0 radical (unpaired) electrons. The predicted octanol–water partition coefficient (Wildman–Crippen LogP) is 1.72. The van der Waals surface area contributed by atoms with Crippen LogP contribution in [0.2, 0.25) is 0 Å². The maximum absolute atomic E-state index is 12.0. The number of nitrogens with two attached hydrogens (primary N) is 1. The number of nitrogen functional groups attached to an aromatic ring is 1. The van der Waals surface area contributed by atoms with Gasteiger partial charge in [-0.1, -0.05) is 0 Å². The van der Waals surface area contributed by atoms with Crippen molar-refractivity contribution in [1.29, 1.82) is 0 Å². The standard InChI is InChI=1S/C15H23N3O2/c1-11(2)20-14-9-12(5-6-13(14)16)18-8-4-7-17(3)15(19)10-18/h5-6,9,11H,4,7-8,10,16H2,1-3H3. The maximum Gasteiger partial charge on any atom is 0.241 e. The van der Waals surface area contributed by atoms with Crippen molar-refractivity contribution in [3.05, 3.63) is 18.2 Å². The van der Waals surface area contributed by atoms with Gasteiger partial charge in [0.05, 0.1) is 18.3 Å². The molecule has 0 bridgehead atoms. The predicted molar refractivity (Wildman–Crippen MR) is 81.1 cm³/mol.